The number of alkyl halides is 3. The lowest BCUT2D eigenvalue weighted by Gasteiger charge is -2.16. The highest BCUT2D eigenvalue weighted by molar-refractivity contribution is 8.04. The first-order valence-corrected chi connectivity index (χ1v) is 10.0. The van der Waals surface area contributed by atoms with Crippen LogP contribution in [-0.2, 0) is 9.59 Å². The lowest BCUT2D eigenvalue weighted by atomic mass is 10.1. The summed E-state index contributed by atoms with van der Waals surface area (Å²) < 4.78 is 54.5. The molecule has 0 atom stereocenters. The van der Waals surface area contributed by atoms with Crippen LogP contribution < -0.4 is 9.64 Å². The molecule has 0 fully saturated rings. The molecule has 0 saturated carbocycles. The van der Waals surface area contributed by atoms with Gasteiger partial charge in [0.2, 0.25) is 0 Å². The number of carbonyl (C=O) groups excluding carboxylic acids is 2. The Morgan fingerprint density at radius 2 is 1.41 bits per heavy atom. The van der Waals surface area contributed by atoms with Crippen molar-refractivity contribution < 1.29 is 31.9 Å². The van der Waals surface area contributed by atoms with Gasteiger partial charge >= 0.3 is 6.36 Å². The Bertz CT molecular complexity index is 1190. The van der Waals surface area contributed by atoms with Crippen LogP contribution in [0.3, 0.4) is 0 Å². The average Bonchev–Trinajstić information content (AvgIpc) is 2.99. The first-order chi connectivity index (χ1) is 15.2. The molecule has 0 aliphatic carbocycles. The second-order valence-corrected chi connectivity index (χ2v) is 7.70. The maximum atomic E-state index is 13.4. The van der Waals surface area contributed by atoms with Gasteiger partial charge in [-0.2, -0.15) is 0 Å². The minimum absolute atomic E-state index is 0.0813. The lowest BCUT2D eigenvalue weighted by Crippen LogP contribution is -2.31. The van der Waals surface area contributed by atoms with Crippen LogP contribution in [0.1, 0.15) is 5.56 Å². The number of halogens is 4. The van der Waals surface area contributed by atoms with Gasteiger partial charge in [-0.1, -0.05) is 42.1 Å². The van der Waals surface area contributed by atoms with E-state index in [0.717, 1.165) is 28.8 Å². The zero-order chi connectivity index (χ0) is 22.9. The molecule has 0 spiro atoms. The number of amides is 2. The van der Waals surface area contributed by atoms with E-state index in [1.54, 1.807) is 30.3 Å². The van der Waals surface area contributed by atoms with Gasteiger partial charge in [-0.3, -0.25) is 9.59 Å². The van der Waals surface area contributed by atoms with E-state index in [1.165, 1.54) is 36.4 Å². The second kappa shape index (κ2) is 8.51. The number of hydrogen-bond acceptors (Lipinski definition) is 4. The molecule has 3 aromatic rings. The van der Waals surface area contributed by atoms with E-state index in [-0.39, 0.29) is 16.2 Å². The van der Waals surface area contributed by atoms with Gasteiger partial charge in [-0.25, -0.2) is 9.29 Å². The maximum absolute atomic E-state index is 13.4. The van der Waals surface area contributed by atoms with Gasteiger partial charge in [0.25, 0.3) is 11.8 Å². The molecule has 0 aromatic heterocycles. The van der Waals surface area contributed by atoms with Crippen molar-refractivity contribution in [3.8, 4) is 5.75 Å². The van der Waals surface area contributed by atoms with Gasteiger partial charge in [-0.15, -0.1) is 13.2 Å². The zero-order valence-electron chi connectivity index (χ0n) is 16.1. The summed E-state index contributed by atoms with van der Waals surface area (Å²) in [7, 11) is 0. The number of carbonyl (C=O) groups is 2. The maximum Gasteiger partial charge on any atom is 0.573 e. The lowest BCUT2D eigenvalue weighted by molar-refractivity contribution is -0.274. The van der Waals surface area contributed by atoms with Gasteiger partial charge in [0.15, 0.2) is 0 Å². The monoisotopic (exact) mass is 459 g/mol. The van der Waals surface area contributed by atoms with Crippen LogP contribution in [0.25, 0.3) is 5.57 Å². The SMILES string of the molecule is O=C1C(Sc2ccccc2)=C(c2ccc(F)cc2)C(=O)N1c1ccc(OC(F)(F)F)cc1. The quantitative estimate of drug-likeness (QED) is 0.357. The summed E-state index contributed by atoms with van der Waals surface area (Å²) in [5.41, 5.74) is 0.514. The van der Waals surface area contributed by atoms with Crippen molar-refractivity contribution in [2.45, 2.75) is 11.3 Å². The molecule has 0 bridgehead atoms. The highest BCUT2D eigenvalue weighted by atomic mass is 32.2. The third-order valence-corrected chi connectivity index (χ3v) is 5.56. The van der Waals surface area contributed by atoms with E-state index < -0.39 is 29.7 Å². The van der Waals surface area contributed by atoms with E-state index in [4.69, 9.17) is 0 Å². The number of thioether (sulfide) groups is 1. The van der Waals surface area contributed by atoms with Crippen molar-refractivity contribution in [3.05, 3.63) is 95.1 Å². The fraction of sp³-hybridized carbons (Fsp3) is 0.0435. The van der Waals surface area contributed by atoms with Crippen molar-refractivity contribution in [3.63, 3.8) is 0 Å². The molecular weight excluding hydrogens is 446 g/mol. The average molecular weight is 459 g/mol. The first-order valence-electron chi connectivity index (χ1n) is 9.20. The number of hydrogen-bond donors (Lipinski definition) is 0. The van der Waals surface area contributed by atoms with Gasteiger partial charge in [0, 0.05) is 4.90 Å². The minimum Gasteiger partial charge on any atom is -0.406 e. The van der Waals surface area contributed by atoms with E-state index in [1.807, 2.05) is 0 Å². The molecule has 0 radical (unpaired) electrons. The van der Waals surface area contributed by atoms with Crippen LogP contribution in [0.15, 0.2) is 88.7 Å². The highest BCUT2D eigenvalue weighted by Crippen LogP contribution is 2.41. The summed E-state index contributed by atoms with van der Waals surface area (Å²) in [5.74, 6) is -2.27. The summed E-state index contributed by atoms with van der Waals surface area (Å²) in [6.45, 7) is 0. The van der Waals surface area contributed by atoms with Crippen molar-refractivity contribution >= 4 is 34.8 Å². The van der Waals surface area contributed by atoms with Gasteiger partial charge in [-0.05, 0) is 54.1 Å². The van der Waals surface area contributed by atoms with E-state index >= 15 is 0 Å². The van der Waals surface area contributed by atoms with Gasteiger partial charge < -0.3 is 4.74 Å². The van der Waals surface area contributed by atoms with Crippen molar-refractivity contribution in [1.82, 2.24) is 0 Å². The van der Waals surface area contributed by atoms with Crippen molar-refractivity contribution in [1.29, 1.82) is 0 Å². The molecular formula is C23H13F4NO3S. The number of ether oxygens (including phenoxy) is 1. The Labute approximate surface area is 184 Å². The Balaban J connectivity index is 1.72. The van der Waals surface area contributed by atoms with E-state index in [0.29, 0.717) is 10.5 Å². The molecule has 0 unspecified atom stereocenters. The zero-order valence-corrected chi connectivity index (χ0v) is 16.9. The molecule has 4 rings (SSSR count). The van der Waals surface area contributed by atoms with E-state index in [9.17, 15) is 27.2 Å². The minimum atomic E-state index is -4.86. The number of nitrogens with zero attached hydrogens (tertiary/aromatic N) is 1. The van der Waals surface area contributed by atoms with Gasteiger partial charge in [0.1, 0.15) is 11.6 Å². The Morgan fingerprint density at radius 3 is 2.00 bits per heavy atom. The molecule has 1 aliphatic heterocycles. The third-order valence-electron chi connectivity index (χ3n) is 4.47. The molecule has 4 nitrogen and oxygen atoms in total. The molecule has 0 saturated heterocycles. The van der Waals surface area contributed by atoms with Crippen LogP contribution in [0.4, 0.5) is 23.2 Å². The molecule has 1 aliphatic rings. The summed E-state index contributed by atoms with van der Waals surface area (Å²) in [6.07, 6.45) is -4.86. The Kier molecular flexibility index (Phi) is 5.75. The molecule has 32 heavy (non-hydrogen) atoms. The third kappa shape index (κ3) is 4.52. The molecule has 162 valence electrons. The number of anilines is 1. The molecule has 1 heterocycles. The number of rotatable bonds is 5. The van der Waals surface area contributed by atoms with Crippen LogP contribution in [0.5, 0.6) is 5.75 Å². The smallest absolute Gasteiger partial charge is 0.406 e. The number of benzene rings is 3. The van der Waals surface area contributed by atoms with Crippen LogP contribution in [-0.4, -0.2) is 18.2 Å². The predicted molar refractivity (Wildman–Crippen MR) is 111 cm³/mol. The standard InChI is InChI=1S/C23H13F4NO3S/c24-15-8-6-14(7-9-15)19-20(32-18-4-2-1-3-5-18)22(30)28(21(19)29)16-10-12-17(13-11-16)31-23(25,26)27/h1-13H. The van der Waals surface area contributed by atoms with E-state index in [2.05, 4.69) is 4.74 Å². The summed E-state index contributed by atoms with van der Waals surface area (Å²) in [6, 6.07) is 18.4. The molecule has 9 heteroatoms. The fourth-order valence-electron chi connectivity index (χ4n) is 3.11. The van der Waals surface area contributed by atoms with Crippen LogP contribution in [0.2, 0.25) is 0 Å². The van der Waals surface area contributed by atoms with Crippen LogP contribution in [0, 0.1) is 5.82 Å². The highest BCUT2D eigenvalue weighted by Gasteiger charge is 2.40. The fourth-order valence-corrected chi connectivity index (χ4v) is 4.13. The topological polar surface area (TPSA) is 46.6 Å². The van der Waals surface area contributed by atoms with Crippen molar-refractivity contribution in [2.24, 2.45) is 0 Å². The van der Waals surface area contributed by atoms with Gasteiger partial charge in [0.05, 0.1) is 16.2 Å². The second-order valence-electron chi connectivity index (χ2n) is 6.61. The molecule has 0 N–H and O–H groups in total. The summed E-state index contributed by atoms with van der Waals surface area (Å²) in [4.78, 5) is 28.2. The largest absolute Gasteiger partial charge is 0.573 e. The predicted octanol–water partition coefficient (Wildman–Crippen LogP) is 5.80. The number of imide groups is 1. The molecule has 2 amide bonds. The summed E-state index contributed by atoms with van der Waals surface area (Å²) >= 11 is 1.08. The Hall–Kier alpha value is -3.59. The Morgan fingerprint density at radius 1 is 0.781 bits per heavy atom. The van der Waals surface area contributed by atoms with Crippen molar-refractivity contribution in [2.75, 3.05) is 4.90 Å². The normalized spacial score (nSPS) is 14.3. The summed E-state index contributed by atoms with van der Waals surface area (Å²) in [5, 5.41) is 0. The van der Waals surface area contributed by atoms with Crippen LogP contribution >= 0.6 is 11.8 Å². The first kappa shape index (κ1) is 21.6. The molecule has 3 aromatic carbocycles.